The molecule has 0 saturated heterocycles. The Hall–Kier alpha value is -0.0400. The maximum atomic E-state index is 3.55. The molecule has 0 aromatic carbocycles. The maximum absolute atomic E-state index is 3.55. The Morgan fingerprint density at radius 3 is 2.08 bits per heavy atom. The second kappa shape index (κ2) is 3.78. The Morgan fingerprint density at radius 1 is 1.17 bits per heavy atom. The summed E-state index contributed by atoms with van der Waals surface area (Å²) in [5.74, 6) is 0.862. The molecule has 0 aromatic rings. The standard InChI is InChI=1S/C11H23N/c1-9(2)7-11(5-6-11)8-12-10(3)4/h9-10,12H,5-8H2,1-4H3. The van der Waals surface area contributed by atoms with Gasteiger partial charge in [0.2, 0.25) is 0 Å². The summed E-state index contributed by atoms with van der Waals surface area (Å²) in [6.07, 6.45) is 4.31. The lowest BCUT2D eigenvalue weighted by molar-refractivity contribution is 0.355. The molecule has 1 aliphatic carbocycles. The number of hydrogen-bond acceptors (Lipinski definition) is 1. The van der Waals surface area contributed by atoms with E-state index in [1.165, 1.54) is 25.8 Å². The quantitative estimate of drug-likeness (QED) is 0.667. The van der Waals surface area contributed by atoms with Gasteiger partial charge in [-0.3, -0.25) is 0 Å². The van der Waals surface area contributed by atoms with Crippen LogP contribution in [-0.4, -0.2) is 12.6 Å². The summed E-state index contributed by atoms with van der Waals surface area (Å²) in [6.45, 7) is 10.4. The first kappa shape index (κ1) is 10.0. The Balaban J connectivity index is 2.20. The highest BCUT2D eigenvalue weighted by Gasteiger charge is 2.42. The highest BCUT2D eigenvalue weighted by Crippen LogP contribution is 2.50. The molecule has 1 rings (SSSR count). The van der Waals surface area contributed by atoms with Crippen molar-refractivity contribution in [1.82, 2.24) is 5.32 Å². The molecule has 1 saturated carbocycles. The third-order valence-electron chi connectivity index (χ3n) is 2.68. The SMILES string of the molecule is CC(C)CC1(CNC(C)C)CC1. The minimum Gasteiger partial charge on any atom is -0.314 e. The Bertz CT molecular complexity index is 134. The molecule has 0 spiro atoms. The fourth-order valence-corrected chi connectivity index (χ4v) is 1.92. The Kier molecular flexibility index (Phi) is 3.16. The second-order valence-corrected chi connectivity index (χ2v) is 5.13. The van der Waals surface area contributed by atoms with E-state index in [9.17, 15) is 0 Å². The largest absolute Gasteiger partial charge is 0.314 e. The zero-order chi connectivity index (χ0) is 9.19. The first-order valence-corrected chi connectivity index (χ1v) is 5.27. The summed E-state index contributed by atoms with van der Waals surface area (Å²) in [5, 5.41) is 3.55. The molecule has 0 amide bonds. The highest BCUT2D eigenvalue weighted by molar-refractivity contribution is 4.95. The van der Waals surface area contributed by atoms with E-state index < -0.39 is 0 Å². The third kappa shape index (κ3) is 3.14. The van der Waals surface area contributed by atoms with Gasteiger partial charge in [0, 0.05) is 12.6 Å². The predicted molar refractivity (Wildman–Crippen MR) is 54.3 cm³/mol. The fraction of sp³-hybridized carbons (Fsp3) is 1.00. The summed E-state index contributed by atoms with van der Waals surface area (Å²) in [7, 11) is 0. The number of nitrogens with one attached hydrogen (secondary N) is 1. The molecule has 0 aliphatic heterocycles. The van der Waals surface area contributed by atoms with Crippen molar-refractivity contribution in [2.24, 2.45) is 11.3 Å². The van der Waals surface area contributed by atoms with E-state index in [4.69, 9.17) is 0 Å². The summed E-state index contributed by atoms with van der Waals surface area (Å²) in [4.78, 5) is 0. The van der Waals surface area contributed by atoms with E-state index in [0.717, 1.165) is 5.92 Å². The lowest BCUT2D eigenvalue weighted by atomic mass is 9.94. The van der Waals surface area contributed by atoms with Crippen molar-refractivity contribution in [1.29, 1.82) is 0 Å². The van der Waals surface area contributed by atoms with Gasteiger partial charge < -0.3 is 5.32 Å². The van der Waals surface area contributed by atoms with Gasteiger partial charge >= 0.3 is 0 Å². The van der Waals surface area contributed by atoms with E-state index in [-0.39, 0.29) is 0 Å². The molecule has 1 aliphatic rings. The Labute approximate surface area is 76.9 Å². The van der Waals surface area contributed by atoms with Gasteiger partial charge in [-0.05, 0) is 30.6 Å². The molecular formula is C11H23N. The summed E-state index contributed by atoms with van der Waals surface area (Å²) >= 11 is 0. The van der Waals surface area contributed by atoms with Gasteiger partial charge in [0.15, 0.2) is 0 Å². The molecule has 1 N–H and O–H groups in total. The molecule has 0 radical (unpaired) electrons. The zero-order valence-corrected chi connectivity index (χ0v) is 8.98. The number of hydrogen-bond donors (Lipinski definition) is 1. The van der Waals surface area contributed by atoms with Crippen LogP contribution in [0.15, 0.2) is 0 Å². The molecule has 0 atom stereocenters. The predicted octanol–water partition coefficient (Wildman–Crippen LogP) is 2.81. The van der Waals surface area contributed by atoms with Crippen molar-refractivity contribution in [3.8, 4) is 0 Å². The van der Waals surface area contributed by atoms with Crippen molar-refractivity contribution in [3.05, 3.63) is 0 Å². The summed E-state index contributed by atoms with van der Waals surface area (Å²) < 4.78 is 0. The van der Waals surface area contributed by atoms with E-state index in [1.807, 2.05) is 0 Å². The van der Waals surface area contributed by atoms with Crippen LogP contribution in [-0.2, 0) is 0 Å². The van der Waals surface area contributed by atoms with E-state index in [2.05, 4.69) is 33.0 Å². The van der Waals surface area contributed by atoms with Crippen molar-refractivity contribution >= 4 is 0 Å². The average molecular weight is 169 g/mol. The minimum absolute atomic E-state index is 0.648. The van der Waals surface area contributed by atoms with Gasteiger partial charge in [-0.15, -0.1) is 0 Å². The third-order valence-corrected chi connectivity index (χ3v) is 2.68. The van der Waals surface area contributed by atoms with Crippen molar-refractivity contribution < 1.29 is 0 Å². The smallest absolute Gasteiger partial charge is 0.00106 e. The normalized spacial score (nSPS) is 20.5. The van der Waals surface area contributed by atoms with Gasteiger partial charge in [-0.2, -0.15) is 0 Å². The van der Waals surface area contributed by atoms with Crippen molar-refractivity contribution in [3.63, 3.8) is 0 Å². The number of rotatable bonds is 5. The fourth-order valence-electron chi connectivity index (χ4n) is 1.92. The van der Waals surface area contributed by atoms with Gasteiger partial charge in [-0.25, -0.2) is 0 Å². The molecular weight excluding hydrogens is 146 g/mol. The van der Waals surface area contributed by atoms with Crippen LogP contribution >= 0.6 is 0 Å². The maximum Gasteiger partial charge on any atom is 0.00106 e. The topological polar surface area (TPSA) is 12.0 Å². The van der Waals surface area contributed by atoms with Gasteiger partial charge in [0.05, 0.1) is 0 Å². The molecule has 0 bridgehead atoms. The molecule has 1 fully saturated rings. The summed E-state index contributed by atoms with van der Waals surface area (Å²) in [6, 6.07) is 0.648. The molecule has 1 heteroatoms. The van der Waals surface area contributed by atoms with E-state index in [1.54, 1.807) is 0 Å². The monoisotopic (exact) mass is 169 g/mol. The minimum atomic E-state index is 0.648. The van der Waals surface area contributed by atoms with E-state index in [0.29, 0.717) is 11.5 Å². The van der Waals surface area contributed by atoms with Crippen LogP contribution in [0.2, 0.25) is 0 Å². The van der Waals surface area contributed by atoms with Gasteiger partial charge in [0.1, 0.15) is 0 Å². The van der Waals surface area contributed by atoms with E-state index >= 15 is 0 Å². The van der Waals surface area contributed by atoms with Crippen molar-refractivity contribution in [2.75, 3.05) is 6.54 Å². The highest BCUT2D eigenvalue weighted by atomic mass is 14.9. The van der Waals surface area contributed by atoms with Crippen LogP contribution in [0, 0.1) is 11.3 Å². The molecule has 1 nitrogen and oxygen atoms in total. The Morgan fingerprint density at radius 2 is 1.75 bits per heavy atom. The van der Waals surface area contributed by atoms with Crippen LogP contribution in [0.3, 0.4) is 0 Å². The summed E-state index contributed by atoms with van der Waals surface area (Å²) in [5.41, 5.74) is 0.693. The molecule has 0 heterocycles. The van der Waals surface area contributed by atoms with Crippen LogP contribution in [0.25, 0.3) is 0 Å². The van der Waals surface area contributed by atoms with Crippen LogP contribution in [0.4, 0.5) is 0 Å². The molecule has 0 aromatic heterocycles. The second-order valence-electron chi connectivity index (χ2n) is 5.13. The van der Waals surface area contributed by atoms with Gasteiger partial charge in [0.25, 0.3) is 0 Å². The zero-order valence-electron chi connectivity index (χ0n) is 8.98. The first-order valence-electron chi connectivity index (χ1n) is 5.27. The lowest BCUT2D eigenvalue weighted by Crippen LogP contribution is -2.30. The molecule has 12 heavy (non-hydrogen) atoms. The van der Waals surface area contributed by atoms with Crippen LogP contribution < -0.4 is 5.32 Å². The van der Waals surface area contributed by atoms with Crippen LogP contribution in [0.1, 0.15) is 47.0 Å². The van der Waals surface area contributed by atoms with Crippen molar-refractivity contribution in [2.45, 2.75) is 53.0 Å². The van der Waals surface area contributed by atoms with Gasteiger partial charge in [-0.1, -0.05) is 27.7 Å². The first-order chi connectivity index (χ1) is 5.54. The lowest BCUT2D eigenvalue weighted by Gasteiger charge is -2.19. The molecule has 72 valence electrons. The molecule has 0 unspecified atom stereocenters. The van der Waals surface area contributed by atoms with Crippen LogP contribution in [0.5, 0.6) is 0 Å². The average Bonchev–Trinajstić information content (AvgIpc) is 2.64.